The van der Waals surface area contributed by atoms with E-state index in [-0.39, 0.29) is 24.9 Å². The first-order chi connectivity index (χ1) is 15.6. The van der Waals surface area contributed by atoms with Crippen molar-refractivity contribution in [2.75, 3.05) is 42.7 Å². The van der Waals surface area contributed by atoms with Crippen molar-refractivity contribution >= 4 is 34.5 Å². The van der Waals surface area contributed by atoms with Gasteiger partial charge in [0, 0.05) is 25.8 Å². The van der Waals surface area contributed by atoms with Crippen molar-refractivity contribution in [2.24, 2.45) is 7.05 Å². The topological polar surface area (TPSA) is 114 Å². The van der Waals surface area contributed by atoms with Crippen LogP contribution in [0.4, 0.5) is 35.4 Å². The molecule has 0 bridgehead atoms. The van der Waals surface area contributed by atoms with E-state index in [1.54, 1.807) is 32.2 Å². The number of nitrogen functional groups attached to an aromatic ring is 1. The zero-order chi connectivity index (χ0) is 23.9. The molecule has 2 amide bonds. The molecule has 3 heterocycles. The third-order valence-corrected chi connectivity index (χ3v) is 5.58. The van der Waals surface area contributed by atoms with Crippen LogP contribution in [0.25, 0.3) is 11.0 Å². The number of amides is 2. The summed E-state index contributed by atoms with van der Waals surface area (Å²) in [6, 6.07) is 2.44. The van der Waals surface area contributed by atoms with Gasteiger partial charge in [-0.25, -0.2) is 4.79 Å². The van der Waals surface area contributed by atoms with Crippen molar-refractivity contribution in [1.29, 1.82) is 0 Å². The van der Waals surface area contributed by atoms with Gasteiger partial charge in [-0.3, -0.25) is 4.68 Å². The van der Waals surface area contributed by atoms with Crippen LogP contribution in [0, 0.1) is 6.92 Å². The lowest BCUT2D eigenvalue weighted by Gasteiger charge is -2.42. The molecule has 10 nitrogen and oxygen atoms in total. The van der Waals surface area contributed by atoms with Gasteiger partial charge in [0.15, 0.2) is 5.65 Å². The van der Waals surface area contributed by atoms with Crippen molar-refractivity contribution in [3.05, 3.63) is 30.0 Å². The quantitative estimate of drug-likeness (QED) is 0.612. The van der Waals surface area contributed by atoms with Crippen molar-refractivity contribution < 1.29 is 22.7 Å². The maximum atomic E-state index is 14.1. The van der Waals surface area contributed by atoms with E-state index in [9.17, 15) is 18.0 Å². The zero-order valence-electron chi connectivity index (χ0n) is 18.2. The monoisotopic (exact) mass is 464 g/mol. The fourth-order valence-electron chi connectivity index (χ4n) is 3.84. The normalized spacial score (nSPS) is 16.8. The fourth-order valence-corrected chi connectivity index (χ4v) is 3.84. The maximum Gasteiger partial charge on any atom is 0.410 e. The summed E-state index contributed by atoms with van der Waals surface area (Å²) in [6.07, 6.45) is -3.22. The first-order valence-electron chi connectivity index (χ1n) is 10.1. The number of carbonyl (C=O) groups is 1. The molecule has 0 aliphatic carbocycles. The lowest BCUT2D eigenvalue weighted by molar-refractivity contribution is -0.154. The number of benzene rings is 1. The van der Waals surface area contributed by atoms with E-state index in [2.05, 4.69) is 20.4 Å². The second kappa shape index (κ2) is 8.30. The molecule has 1 aromatic carbocycles. The third-order valence-electron chi connectivity index (χ3n) is 5.58. The number of fused-ring (bicyclic) bond motifs is 1. The Morgan fingerprint density at radius 2 is 2.03 bits per heavy atom. The number of urea groups is 1. The molecular weight excluding hydrogens is 441 g/mol. The summed E-state index contributed by atoms with van der Waals surface area (Å²) in [6.45, 7) is 1.16. The van der Waals surface area contributed by atoms with Crippen LogP contribution in [-0.2, 0) is 7.05 Å². The summed E-state index contributed by atoms with van der Waals surface area (Å²) in [5, 5.41) is 7.10. The van der Waals surface area contributed by atoms with Gasteiger partial charge < -0.3 is 25.6 Å². The molecule has 0 spiro atoms. The van der Waals surface area contributed by atoms with Crippen LogP contribution in [0.15, 0.2) is 24.4 Å². The summed E-state index contributed by atoms with van der Waals surface area (Å²) < 4.78 is 48.8. The zero-order valence-corrected chi connectivity index (χ0v) is 18.2. The number of aromatic nitrogens is 4. The Labute approximate surface area is 187 Å². The number of hydrogen-bond donors (Lipinski definition) is 2. The minimum atomic E-state index is -4.62. The second-order valence-corrected chi connectivity index (χ2v) is 7.72. The molecule has 1 saturated heterocycles. The molecule has 1 atom stereocenters. The number of rotatable bonds is 3. The van der Waals surface area contributed by atoms with Crippen LogP contribution in [0.2, 0.25) is 0 Å². The van der Waals surface area contributed by atoms with Gasteiger partial charge >= 0.3 is 12.2 Å². The molecule has 3 N–H and O–H groups in total. The number of nitrogens with one attached hydrogen (secondary N) is 1. The average molecular weight is 464 g/mol. The minimum absolute atomic E-state index is 0.0407. The number of alkyl halides is 3. The standard InChI is InChI=1S/C20H23F3N8O2/c1-11-8-12(33-3)4-5-14(11)26-19(32)30-6-7-31(15(10-30)20(21,22)23)17-13-9-25-29(2)16(13)27-18(24)28-17/h4-5,8-9,15H,6-7,10H2,1-3H3,(H,26,32)(H2,24,27,28). The van der Waals surface area contributed by atoms with Crippen LogP contribution < -0.4 is 20.7 Å². The van der Waals surface area contributed by atoms with E-state index in [4.69, 9.17) is 10.5 Å². The molecule has 1 unspecified atom stereocenters. The summed E-state index contributed by atoms with van der Waals surface area (Å²) in [5.74, 6) is 0.498. The van der Waals surface area contributed by atoms with Crippen molar-refractivity contribution in [2.45, 2.75) is 19.1 Å². The minimum Gasteiger partial charge on any atom is -0.497 e. The fraction of sp³-hybridized carbons (Fsp3) is 0.400. The molecule has 2 aromatic heterocycles. The van der Waals surface area contributed by atoms with Gasteiger partial charge in [-0.2, -0.15) is 28.2 Å². The Kier molecular flexibility index (Phi) is 5.64. The molecule has 4 rings (SSSR count). The maximum absolute atomic E-state index is 14.1. The Hall–Kier alpha value is -3.77. The van der Waals surface area contributed by atoms with Gasteiger partial charge in [0.25, 0.3) is 0 Å². The molecule has 3 aromatic rings. The molecule has 1 fully saturated rings. The van der Waals surface area contributed by atoms with Crippen molar-refractivity contribution in [3.63, 3.8) is 0 Å². The van der Waals surface area contributed by atoms with Gasteiger partial charge in [0.05, 0.1) is 25.2 Å². The number of hydrogen-bond acceptors (Lipinski definition) is 7. The van der Waals surface area contributed by atoms with Crippen LogP contribution in [0.3, 0.4) is 0 Å². The molecular formula is C20H23F3N8O2. The van der Waals surface area contributed by atoms with Gasteiger partial charge in [0.1, 0.15) is 17.6 Å². The largest absolute Gasteiger partial charge is 0.497 e. The SMILES string of the molecule is COc1ccc(NC(=O)N2CCN(c3nc(N)nc4c3cnn4C)C(C(F)(F)F)C2)c(C)c1. The predicted molar refractivity (Wildman–Crippen MR) is 116 cm³/mol. The van der Waals surface area contributed by atoms with E-state index < -0.39 is 24.8 Å². The first-order valence-corrected chi connectivity index (χ1v) is 10.1. The summed E-state index contributed by atoms with van der Waals surface area (Å²) in [4.78, 5) is 23.2. The summed E-state index contributed by atoms with van der Waals surface area (Å²) >= 11 is 0. The number of methoxy groups -OCH3 is 1. The number of anilines is 3. The molecule has 1 aliphatic rings. The Morgan fingerprint density at radius 3 is 2.70 bits per heavy atom. The smallest absolute Gasteiger partial charge is 0.410 e. The highest BCUT2D eigenvalue weighted by molar-refractivity contribution is 5.91. The Balaban J connectivity index is 1.60. The number of ether oxygens (including phenoxy) is 1. The molecule has 13 heteroatoms. The number of nitrogens with two attached hydrogens (primary N) is 1. The molecule has 0 radical (unpaired) electrons. The van der Waals surface area contributed by atoms with Crippen LogP contribution in [0.1, 0.15) is 5.56 Å². The Morgan fingerprint density at radius 1 is 1.27 bits per heavy atom. The van der Waals surface area contributed by atoms with Crippen molar-refractivity contribution in [1.82, 2.24) is 24.6 Å². The third kappa shape index (κ3) is 4.30. The number of piperazine rings is 1. The first kappa shape index (κ1) is 22.4. The van der Waals surface area contributed by atoms with Gasteiger partial charge in [-0.1, -0.05) is 0 Å². The summed E-state index contributed by atoms with van der Waals surface area (Å²) in [7, 11) is 3.14. The molecule has 0 saturated carbocycles. The van der Waals surface area contributed by atoms with Crippen LogP contribution in [-0.4, -0.2) is 69.6 Å². The average Bonchev–Trinajstić information content (AvgIpc) is 3.14. The van der Waals surface area contributed by atoms with Gasteiger partial charge in [-0.15, -0.1) is 0 Å². The lowest BCUT2D eigenvalue weighted by Crippen LogP contribution is -2.61. The number of aryl methyl sites for hydroxylation is 2. The predicted octanol–water partition coefficient (Wildman–Crippen LogP) is 2.55. The second-order valence-electron chi connectivity index (χ2n) is 7.72. The van der Waals surface area contributed by atoms with Crippen molar-refractivity contribution in [3.8, 4) is 5.75 Å². The van der Waals surface area contributed by atoms with Gasteiger partial charge in [-0.05, 0) is 30.7 Å². The highest BCUT2D eigenvalue weighted by atomic mass is 19.4. The lowest BCUT2D eigenvalue weighted by atomic mass is 10.1. The summed E-state index contributed by atoms with van der Waals surface area (Å²) in [5.41, 5.74) is 7.30. The van der Waals surface area contributed by atoms with Gasteiger partial charge in [0.2, 0.25) is 5.95 Å². The van der Waals surface area contributed by atoms with E-state index in [0.29, 0.717) is 22.5 Å². The van der Waals surface area contributed by atoms with Crippen LogP contribution in [0.5, 0.6) is 5.75 Å². The number of nitrogens with zero attached hydrogens (tertiary/aromatic N) is 6. The van der Waals surface area contributed by atoms with E-state index in [0.717, 1.165) is 15.4 Å². The number of halogens is 3. The van der Waals surface area contributed by atoms with E-state index >= 15 is 0 Å². The van der Waals surface area contributed by atoms with E-state index in [1.165, 1.54) is 18.0 Å². The highest BCUT2D eigenvalue weighted by Gasteiger charge is 2.48. The molecule has 176 valence electrons. The van der Waals surface area contributed by atoms with E-state index in [1.807, 2.05) is 0 Å². The Bertz CT molecular complexity index is 1200. The highest BCUT2D eigenvalue weighted by Crippen LogP contribution is 2.34. The number of carbonyl (C=O) groups excluding carboxylic acids is 1. The van der Waals surface area contributed by atoms with Crippen LogP contribution >= 0.6 is 0 Å². The molecule has 33 heavy (non-hydrogen) atoms. The molecule has 1 aliphatic heterocycles.